The van der Waals surface area contributed by atoms with Gasteiger partial charge in [-0.2, -0.15) is 0 Å². The van der Waals surface area contributed by atoms with Gasteiger partial charge in [0.1, 0.15) is 0 Å². The van der Waals surface area contributed by atoms with Gasteiger partial charge in [-0.1, -0.05) is 54.6 Å². The highest BCUT2D eigenvalue weighted by Crippen LogP contribution is 2.19. The summed E-state index contributed by atoms with van der Waals surface area (Å²) >= 11 is 0. The molecule has 0 atom stereocenters. The van der Waals surface area contributed by atoms with Gasteiger partial charge in [-0.05, 0) is 16.7 Å². The minimum absolute atomic E-state index is 0.0208. The molecule has 0 unspecified atom stereocenters. The van der Waals surface area contributed by atoms with Gasteiger partial charge in [0.2, 0.25) is 11.8 Å². The predicted molar refractivity (Wildman–Crippen MR) is 89.8 cm³/mol. The molecule has 1 aliphatic rings. The molecule has 23 heavy (non-hydrogen) atoms. The first-order chi connectivity index (χ1) is 11.2. The number of hydrogen-bond donors (Lipinski definition) is 1. The molecule has 2 amide bonds. The zero-order valence-electron chi connectivity index (χ0n) is 13.0. The van der Waals surface area contributed by atoms with Crippen molar-refractivity contribution < 1.29 is 9.59 Å². The number of rotatable bonds is 3. The first-order valence-electron chi connectivity index (χ1n) is 7.91. The lowest BCUT2D eigenvalue weighted by molar-refractivity contribution is -0.130. The Morgan fingerprint density at radius 2 is 1.65 bits per heavy atom. The number of carbonyl (C=O) groups excluding carboxylic acids is 2. The Labute approximate surface area is 136 Å². The molecule has 0 bridgehead atoms. The van der Waals surface area contributed by atoms with Crippen LogP contribution in [0.25, 0.3) is 11.1 Å². The summed E-state index contributed by atoms with van der Waals surface area (Å²) in [5.41, 5.74) is 3.31. The molecule has 1 saturated heterocycles. The molecule has 0 radical (unpaired) electrons. The van der Waals surface area contributed by atoms with Crippen molar-refractivity contribution in [1.29, 1.82) is 0 Å². The molecular formula is C19H20N2O2. The summed E-state index contributed by atoms with van der Waals surface area (Å²) in [6.45, 7) is 1.64. The first kappa shape index (κ1) is 15.3. The second kappa shape index (κ2) is 7.09. The number of benzene rings is 2. The molecule has 1 heterocycles. The van der Waals surface area contributed by atoms with Crippen LogP contribution in [0.4, 0.5) is 0 Å². The fourth-order valence-electron chi connectivity index (χ4n) is 2.75. The molecule has 0 aromatic heterocycles. The summed E-state index contributed by atoms with van der Waals surface area (Å²) in [5, 5.41) is 2.79. The Bertz CT molecular complexity index is 680. The molecule has 1 aliphatic heterocycles. The molecule has 0 aliphatic carbocycles. The SMILES string of the molecule is O=C1CCN(C(=O)Cc2ccc(-c3ccccc3)cc2)CCN1. The zero-order valence-corrected chi connectivity index (χ0v) is 13.0. The van der Waals surface area contributed by atoms with Crippen LogP contribution < -0.4 is 5.32 Å². The van der Waals surface area contributed by atoms with Crippen molar-refractivity contribution in [3.8, 4) is 11.1 Å². The maximum atomic E-state index is 12.4. The molecule has 1 N–H and O–H groups in total. The van der Waals surface area contributed by atoms with Crippen molar-refractivity contribution in [2.45, 2.75) is 12.8 Å². The zero-order chi connectivity index (χ0) is 16.1. The second-order valence-corrected chi connectivity index (χ2v) is 5.72. The molecule has 3 rings (SSSR count). The van der Waals surface area contributed by atoms with E-state index in [-0.39, 0.29) is 11.8 Å². The summed E-state index contributed by atoms with van der Waals surface area (Å²) in [6, 6.07) is 18.3. The van der Waals surface area contributed by atoms with Crippen LogP contribution in [-0.2, 0) is 16.0 Å². The normalized spacial score (nSPS) is 15.0. The van der Waals surface area contributed by atoms with Gasteiger partial charge in [0, 0.05) is 26.1 Å². The Kier molecular flexibility index (Phi) is 4.71. The second-order valence-electron chi connectivity index (χ2n) is 5.72. The molecule has 4 nitrogen and oxygen atoms in total. The van der Waals surface area contributed by atoms with Crippen molar-refractivity contribution in [1.82, 2.24) is 10.2 Å². The van der Waals surface area contributed by atoms with Gasteiger partial charge in [-0.25, -0.2) is 0 Å². The van der Waals surface area contributed by atoms with Crippen molar-refractivity contribution >= 4 is 11.8 Å². The number of nitrogens with zero attached hydrogens (tertiary/aromatic N) is 1. The number of nitrogens with one attached hydrogen (secondary N) is 1. The van der Waals surface area contributed by atoms with Gasteiger partial charge >= 0.3 is 0 Å². The summed E-state index contributed by atoms with van der Waals surface area (Å²) < 4.78 is 0. The third kappa shape index (κ3) is 3.97. The monoisotopic (exact) mass is 308 g/mol. The maximum Gasteiger partial charge on any atom is 0.227 e. The first-order valence-corrected chi connectivity index (χ1v) is 7.91. The molecule has 0 spiro atoms. The quantitative estimate of drug-likeness (QED) is 0.945. The Morgan fingerprint density at radius 1 is 0.957 bits per heavy atom. The third-order valence-corrected chi connectivity index (χ3v) is 4.08. The van der Waals surface area contributed by atoms with E-state index in [9.17, 15) is 9.59 Å². The van der Waals surface area contributed by atoms with Gasteiger partial charge in [0.25, 0.3) is 0 Å². The minimum atomic E-state index is 0.0208. The van der Waals surface area contributed by atoms with Crippen LogP contribution in [0.5, 0.6) is 0 Å². The van der Waals surface area contributed by atoms with Gasteiger partial charge in [-0.15, -0.1) is 0 Å². The van der Waals surface area contributed by atoms with Crippen LogP contribution in [0.1, 0.15) is 12.0 Å². The lowest BCUT2D eigenvalue weighted by Crippen LogP contribution is -2.35. The van der Waals surface area contributed by atoms with E-state index in [1.165, 1.54) is 5.56 Å². The molecule has 118 valence electrons. The predicted octanol–water partition coefficient (Wildman–Crippen LogP) is 2.24. The number of hydrogen-bond acceptors (Lipinski definition) is 2. The van der Waals surface area contributed by atoms with Crippen molar-refractivity contribution in [3.05, 3.63) is 60.2 Å². The van der Waals surface area contributed by atoms with E-state index < -0.39 is 0 Å². The molecule has 1 fully saturated rings. The summed E-state index contributed by atoms with van der Waals surface area (Å²) in [7, 11) is 0. The Morgan fingerprint density at radius 3 is 2.39 bits per heavy atom. The molecule has 2 aromatic carbocycles. The highest BCUT2D eigenvalue weighted by Gasteiger charge is 2.18. The molecule has 4 heteroatoms. The average Bonchev–Trinajstić information content (AvgIpc) is 2.81. The van der Waals surface area contributed by atoms with Crippen molar-refractivity contribution in [2.24, 2.45) is 0 Å². The third-order valence-electron chi connectivity index (χ3n) is 4.08. The summed E-state index contributed by atoms with van der Waals surface area (Å²) in [5.74, 6) is 0.0986. The summed E-state index contributed by atoms with van der Waals surface area (Å²) in [4.78, 5) is 25.5. The lowest BCUT2D eigenvalue weighted by atomic mass is 10.0. The van der Waals surface area contributed by atoms with Crippen LogP contribution in [-0.4, -0.2) is 36.3 Å². The molecule has 2 aromatic rings. The molecular weight excluding hydrogens is 288 g/mol. The minimum Gasteiger partial charge on any atom is -0.354 e. The van der Waals surface area contributed by atoms with Crippen LogP contribution in [0, 0.1) is 0 Å². The van der Waals surface area contributed by atoms with E-state index in [1.807, 2.05) is 42.5 Å². The van der Waals surface area contributed by atoms with Crippen LogP contribution in [0.3, 0.4) is 0 Å². The van der Waals surface area contributed by atoms with Crippen LogP contribution in [0.2, 0.25) is 0 Å². The average molecular weight is 308 g/mol. The van der Waals surface area contributed by atoms with Gasteiger partial charge in [0.05, 0.1) is 6.42 Å². The van der Waals surface area contributed by atoms with Crippen molar-refractivity contribution in [3.63, 3.8) is 0 Å². The fraction of sp³-hybridized carbons (Fsp3) is 0.263. The van der Waals surface area contributed by atoms with E-state index in [0.717, 1.165) is 11.1 Å². The maximum absolute atomic E-state index is 12.4. The lowest BCUT2D eigenvalue weighted by Gasteiger charge is -2.19. The van der Waals surface area contributed by atoms with Gasteiger partial charge in [-0.3, -0.25) is 9.59 Å². The Hall–Kier alpha value is -2.62. The highest BCUT2D eigenvalue weighted by atomic mass is 16.2. The number of amides is 2. The van der Waals surface area contributed by atoms with Crippen molar-refractivity contribution in [2.75, 3.05) is 19.6 Å². The Balaban J connectivity index is 1.64. The number of carbonyl (C=O) groups is 2. The van der Waals surface area contributed by atoms with Gasteiger partial charge in [0.15, 0.2) is 0 Å². The smallest absolute Gasteiger partial charge is 0.227 e. The van der Waals surface area contributed by atoms with E-state index in [1.54, 1.807) is 4.90 Å². The van der Waals surface area contributed by atoms with Crippen LogP contribution in [0.15, 0.2) is 54.6 Å². The van der Waals surface area contributed by atoms with Crippen LogP contribution >= 0.6 is 0 Å². The van der Waals surface area contributed by atoms with Gasteiger partial charge < -0.3 is 10.2 Å². The summed E-state index contributed by atoms with van der Waals surface area (Å²) in [6.07, 6.45) is 0.766. The standard InChI is InChI=1S/C19H20N2O2/c22-18-10-12-21(13-11-20-18)19(23)14-15-6-8-17(9-7-15)16-4-2-1-3-5-16/h1-9H,10-14H2,(H,20,22). The topological polar surface area (TPSA) is 49.4 Å². The largest absolute Gasteiger partial charge is 0.354 e. The van der Waals surface area contributed by atoms with E-state index in [0.29, 0.717) is 32.5 Å². The van der Waals surface area contributed by atoms with E-state index in [2.05, 4.69) is 17.4 Å². The van der Waals surface area contributed by atoms with E-state index in [4.69, 9.17) is 0 Å². The molecule has 0 saturated carbocycles. The highest BCUT2D eigenvalue weighted by molar-refractivity contribution is 5.81. The fourth-order valence-corrected chi connectivity index (χ4v) is 2.75. The van der Waals surface area contributed by atoms with E-state index >= 15 is 0 Å².